The van der Waals surface area contributed by atoms with E-state index in [0.717, 1.165) is 6.54 Å². The van der Waals surface area contributed by atoms with Gasteiger partial charge < -0.3 is 10.4 Å². The number of hydrogen-bond acceptors (Lipinski definition) is 2. The maximum absolute atomic E-state index is 8.54. The summed E-state index contributed by atoms with van der Waals surface area (Å²) in [6.07, 6.45) is 3.73. The van der Waals surface area contributed by atoms with Crippen LogP contribution in [-0.2, 0) is 0 Å². The molecule has 0 bridgehead atoms. The van der Waals surface area contributed by atoms with Crippen LogP contribution in [0.1, 0.15) is 18.5 Å². The lowest BCUT2D eigenvalue weighted by Crippen LogP contribution is -2.18. The van der Waals surface area contributed by atoms with Crippen LogP contribution in [-0.4, -0.2) is 18.3 Å². The minimum atomic E-state index is -0.0931. The number of rotatable bonds is 4. The highest BCUT2D eigenvalue weighted by Gasteiger charge is 2.07. The molecule has 0 heterocycles. The van der Waals surface area contributed by atoms with Gasteiger partial charge in [-0.2, -0.15) is 0 Å². The molecule has 0 radical (unpaired) electrons. The number of hydrogen-bond donors (Lipinski definition) is 2. The summed E-state index contributed by atoms with van der Waals surface area (Å²) >= 11 is 0. The molecule has 0 fully saturated rings. The van der Waals surface area contributed by atoms with Gasteiger partial charge in [-0.05, 0) is 29.3 Å². The Balaban J connectivity index is 2.04. The molecule has 0 aromatic heterocycles. The van der Waals surface area contributed by atoms with Crippen molar-refractivity contribution in [2.75, 3.05) is 13.2 Å². The van der Waals surface area contributed by atoms with Crippen molar-refractivity contribution >= 4 is 10.8 Å². The summed E-state index contributed by atoms with van der Waals surface area (Å²) in [5, 5.41) is 14.5. The Kier molecular flexibility index (Phi) is 5.37. The van der Waals surface area contributed by atoms with Crippen LogP contribution in [0.15, 0.2) is 54.6 Å². The van der Waals surface area contributed by atoms with E-state index in [0.29, 0.717) is 0 Å². The molecular formula is C18H19NO. The molecule has 0 amide bonds. The van der Waals surface area contributed by atoms with Gasteiger partial charge in [0.1, 0.15) is 6.61 Å². The van der Waals surface area contributed by atoms with E-state index in [2.05, 4.69) is 66.5 Å². The molecular weight excluding hydrogens is 246 g/mol. The lowest BCUT2D eigenvalue weighted by Gasteiger charge is -2.15. The predicted molar refractivity (Wildman–Crippen MR) is 84.4 cm³/mol. The second kappa shape index (κ2) is 7.49. The molecule has 2 N–H and O–H groups in total. The Morgan fingerprint density at radius 1 is 1.20 bits per heavy atom. The summed E-state index contributed by atoms with van der Waals surface area (Å²) in [4.78, 5) is 0. The van der Waals surface area contributed by atoms with Gasteiger partial charge in [-0.25, -0.2) is 0 Å². The number of benzene rings is 2. The highest BCUT2D eigenvalue weighted by atomic mass is 16.2. The average molecular weight is 265 g/mol. The predicted octanol–water partition coefficient (Wildman–Crippen LogP) is 3.04. The molecule has 2 heteroatoms. The van der Waals surface area contributed by atoms with Crippen LogP contribution in [0.2, 0.25) is 0 Å². The second-order valence-corrected chi connectivity index (χ2v) is 4.58. The molecule has 2 aromatic carbocycles. The van der Waals surface area contributed by atoms with E-state index in [-0.39, 0.29) is 12.6 Å². The maximum Gasteiger partial charge on any atom is 0.104 e. The summed E-state index contributed by atoms with van der Waals surface area (Å²) in [7, 11) is 0. The first-order valence-electron chi connectivity index (χ1n) is 6.78. The standard InChI is InChI=1S/C18H19NO/c1-15(19-13-6-2-3-7-14-20)17-12-8-10-16-9-4-5-11-18(16)17/h2,4-6,8-12,15,19-20H,13-14H2,1H3/b6-2+. The lowest BCUT2D eigenvalue weighted by molar-refractivity contribution is 0.350. The first kappa shape index (κ1) is 14.3. The molecule has 0 saturated heterocycles. The first-order chi connectivity index (χ1) is 9.83. The largest absolute Gasteiger partial charge is 0.384 e. The van der Waals surface area contributed by atoms with E-state index < -0.39 is 0 Å². The third kappa shape index (κ3) is 3.71. The van der Waals surface area contributed by atoms with Gasteiger partial charge in [-0.1, -0.05) is 60.4 Å². The van der Waals surface area contributed by atoms with Crippen molar-refractivity contribution in [3.63, 3.8) is 0 Å². The summed E-state index contributed by atoms with van der Waals surface area (Å²) in [5.41, 5.74) is 1.30. The zero-order chi connectivity index (χ0) is 14.2. The average Bonchev–Trinajstić information content (AvgIpc) is 2.50. The van der Waals surface area contributed by atoms with Crippen LogP contribution < -0.4 is 5.32 Å². The smallest absolute Gasteiger partial charge is 0.104 e. The lowest BCUT2D eigenvalue weighted by atomic mass is 10.00. The highest BCUT2D eigenvalue weighted by Crippen LogP contribution is 2.23. The zero-order valence-corrected chi connectivity index (χ0v) is 11.6. The minimum Gasteiger partial charge on any atom is -0.384 e. The molecule has 1 unspecified atom stereocenters. The van der Waals surface area contributed by atoms with E-state index in [1.807, 2.05) is 6.08 Å². The number of allylic oxidation sites excluding steroid dienone is 1. The van der Waals surface area contributed by atoms with E-state index in [9.17, 15) is 0 Å². The van der Waals surface area contributed by atoms with Crippen molar-refractivity contribution in [3.05, 3.63) is 60.2 Å². The Bertz CT molecular complexity index is 644. The third-order valence-electron chi connectivity index (χ3n) is 3.21. The molecule has 0 aliphatic heterocycles. The fourth-order valence-corrected chi connectivity index (χ4v) is 2.21. The summed E-state index contributed by atoms with van der Waals surface area (Å²) in [5.74, 6) is 5.34. The molecule has 0 spiro atoms. The van der Waals surface area contributed by atoms with Crippen LogP contribution in [0.4, 0.5) is 0 Å². The van der Waals surface area contributed by atoms with Crippen molar-refractivity contribution in [1.82, 2.24) is 5.32 Å². The van der Waals surface area contributed by atoms with Gasteiger partial charge in [0.25, 0.3) is 0 Å². The SMILES string of the molecule is CC(NC/C=C/C#CCO)c1cccc2ccccc12. The monoisotopic (exact) mass is 265 g/mol. The molecule has 1 atom stereocenters. The molecule has 2 rings (SSSR count). The molecule has 0 aliphatic rings. The van der Waals surface area contributed by atoms with Crippen LogP contribution in [0.25, 0.3) is 10.8 Å². The van der Waals surface area contributed by atoms with Gasteiger partial charge in [-0.15, -0.1) is 0 Å². The van der Waals surface area contributed by atoms with Gasteiger partial charge in [-0.3, -0.25) is 0 Å². The number of aliphatic hydroxyl groups excluding tert-OH is 1. The van der Waals surface area contributed by atoms with E-state index in [1.54, 1.807) is 6.08 Å². The van der Waals surface area contributed by atoms with Crippen molar-refractivity contribution in [2.24, 2.45) is 0 Å². The van der Waals surface area contributed by atoms with Crippen molar-refractivity contribution < 1.29 is 5.11 Å². The van der Waals surface area contributed by atoms with E-state index in [1.165, 1.54) is 16.3 Å². The van der Waals surface area contributed by atoms with Gasteiger partial charge in [0.2, 0.25) is 0 Å². The molecule has 20 heavy (non-hydrogen) atoms. The normalized spacial score (nSPS) is 12.3. The van der Waals surface area contributed by atoms with Gasteiger partial charge in [0.15, 0.2) is 0 Å². The molecule has 2 nitrogen and oxygen atoms in total. The van der Waals surface area contributed by atoms with Crippen LogP contribution in [0, 0.1) is 11.8 Å². The Hall–Kier alpha value is -2.08. The molecule has 0 aliphatic carbocycles. The number of nitrogens with one attached hydrogen (secondary N) is 1. The Morgan fingerprint density at radius 2 is 2.00 bits per heavy atom. The van der Waals surface area contributed by atoms with Gasteiger partial charge in [0, 0.05) is 12.6 Å². The van der Waals surface area contributed by atoms with Gasteiger partial charge >= 0.3 is 0 Å². The zero-order valence-electron chi connectivity index (χ0n) is 11.6. The quantitative estimate of drug-likeness (QED) is 0.833. The highest BCUT2D eigenvalue weighted by molar-refractivity contribution is 5.86. The van der Waals surface area contributed by atoms with Crippen molar-refractivity contribution in [1.29, 1.82) is 0 Å². The number of fused-ring (bicyclic) bond motifs is 1. The summed E-state index contributed by atoms with van der Waals surface area (Å²) in [6.45, 7) is 2.82. The molecule has 0 saturated carbocycles. The fraction of sp³-hybridized carbons (Fsp3) is 0.222. The summed E-state index contributed by atoms with van der Waals surface area (Å²) < 4.78 is 0. The molecule has 102 valence electrons. The van der Waals surface area contributed by atoms with E-state index >= 15 is 0 Å². The van der Waals surface area contributed by atoms with Crippen LogP contribution in [0.3, 0.4) is 0 Å². The Morgan fingerprint density at radius 3 is 2.85 bits per heavy atom. The van der Waals surface area contributed by atoms with Crippen LogP contribution >= 0.6 is 0 Å². The van der Waals surface area contributed by atoms with E-state index in [4.69, 9.17) is 5.11 Å². The number of aliphatic hydroxyl groups is 1. The maximum atomic E-state index is 8.54. The van der Waals surface area contributed by atoms with Gasteiger partial charge in [0.05, 0.1) is 0 Å². The van der Waals surface area contributed by atoms with Crippen molar-refractivity contribution in [2.45, 2.75) is 13.0 Å². The van der Waals surface area contributed by atoms with Crippen LogP contribution in [0.5, 0.6) is 0 Å². The Labute approximate surface area is 120 Å². The minimum absolute atomic E-state index is 0.0931. The summed E-state index contributed by atoms with van der Waals surface area (Å²) in [6, 6.07) is 15.1. The second-order valence-electron chi connectivity index (χ2n) is 4.58. The van der Waals surface area contributed by atoms with Crippen molar-refractivity contribution in [3.8, 4) is 11.8 Å². The topological polar surface area (TPSA) is 32.3 Å². The molecule has 2 aromatic rings. The fourth-order valence-electron chi connectivity index (χ4n) is 2.21. The third-order valence-corrected chi connectivity index (χ3v) is 3.21. The first-order valence-corrected chi connectivity index (χ1v) is 6.78.